The number of nitrogens with zero attached hydrogens (tertiary/aromatic N) is 2. The molecule has 0 spiro atoms. The molecule has 0 saturated carbocycles. The van der Waals surface area contributed by atoms with E-state index in [1.54, 1.807) is 0 Å². The summed E-state index contributed by atoms with van der Waals surface area (Å²) in [5.41, 5.74) is 8.06. The number of rotatable bonds is 7. The molecule has 0 atom stereocenters. The highest BCUT2D eigenvalue weighted by Crippen LogP contribution is 2.14. The Morgan fingerprint density at radius 2 is 2.10 bits per heavy atom. The third-order valence-corrected chi connectivity index (χ3v) is 3.63. The third kappa shape index (κ3) is 5.36. The second-order valence-electron chi connectivity index (χ2n) is 5.42. The normalized spacial score (nSPS) is 16.9. The van der Waals surface area contributed by atoms with Crippen molar-refractivity contribution in [2.75, 3.05) is 26.3 Å². The third-order valence-electron chi connectivity index (χ3n) is 3.63. The van der Waals surface area contributed by atoms with Crippen LogP contribution in [0.2, 0.25) is 0 Å². The summed E-state index contributed by atoms with van der Waals surface area (Å²) in [7, 11) is 0. The molecule has 0 amide bonds. The second kappa shape index (κ2) is 8.64. The van der Waals surface area contributed by atoms with Crippen LogP contribution in [0.3, 0.4) is 0 Å². The van der Waals surface area contributed by atoms with Gasteiger partial charge < -0.3 is 15.7 Å². The molecule has 2 rings (SSSR count). The fourth-order valence-electron chi connectivity index (χ4n) is 2.50. The van der Waals surface area contributed by atoms with Crippen molar-refractivity contribution in [3.05, 3.63) is 35.4 Å². The van der Waals surface area contributed by atoms with Crippen LogP contribution in [0.15, 0.2) is 29.4 Å². The number of piperidine rings is 1. The number of likely N-dealkylation sites (tertiary alicyclic amines) is 1. The maximum absolute atomic E-state index is 8.68. The van der Waals surface area contributed by atoms with Crippen molar-refractivity contribution in [3.63, 3.8) is 0 Å². The number of oxime groups is 1. The number of nitrogens with two attached hydrogens (primary N) is 1. The first-order valence-electron chi connectivity index (χ1n) is 7.67. The van der Waals surface area contributed by atoms with Crippen LogP contribution in [0.5, 0.6) is 0 Å². The maximum Gasteiger partial charge on any atom is 0.170 e. The average Bonchev–Trinajstić information content (AvgIpc) is 2.53. The molecule has 0 aliphatic carbocycles. The van der Waals surface area contributed by atoms with Gasteiger partial charge in [-0.3, -0.25) is 4.90 Å². The van der Waals surface area contributed by atoms with Crippen LogP contribution >= 0.6 is 0 Å². The van der Waals surface area contributed by atoms with E-state index >= 15 is 0 Å². The summed E-state index contributed by atoms with van der Waals surface area (Å²) in [6.07, 6.45) is 4.50. The van der Waals surface area contributed by atoms with E-state index in [9.17, 15) is 0 Å². The van der Waals surface area contributed by atoms with E-state index in [0.717, 1.165) is 12.1 Å². The van der Waals surface area contributed by atoms with Gasteiger partial charge in [-0.15, -0.1) is 0 Å². The molecule has 1 aromatic rings. The van der Waals surface area contributed by atoms with E-state index in [4.69, 9.17) is 15.7 Å². The Morgan fingerprint density at radius 3 is 2.86 bits per heavy atom. The molecule has 5 heteroatoms. The zero-order valence-corrected chi connectivity index (χ0v) is 12.5. The molecule has 1 fully saturated rings. The van der Waals surface area contributed by atoms with Gasteiger partial charge in [-0.1, -0.05) is 29.8 Å². The van der Waals surface area contributed by atoms with Crippen molar-refractivity contribution in [2.24, 2.45) is 10.9 Å². The first-order valence-corrected chi connectivity index (χ1v) is 7.67. The topological polar surface area (TPSA) is 71.1 Å². The molecule has 1 saturated heterocycles. The summed E-state index contributed by atoms with van der Waals surface area (Å²) in [4.78, 5) is 7.55. The minimum Gasteiger partial charge on any atom is -0.396 e. The highest BCUT2D eigenvalue weighted by molar-refractivity contribution is 5.97. The van der Waals surface area contributed by atoms with E-state index in [2.05, 4.69) is 22.2 Å². The summed E-state index contributed by atoms with van der Waals surface area (Å²) in [5.74, 6) is 0.383. The Labute approximate surface area is 126 Å². The largest absolute Gasteiger partial charge is 0.396 e. The lowest BCUT2D eigenvalue weighted by molar-refractivity contribution is 0.124. The molecule has 1 aliphatic heterocycles. The fourth-order valence-corrected chi connectivity index (χ4v) is 2.50. The standard InChI is InChI=1S/C16H25N3O2/c17-16(18-21-11-5-10-20)15-7-4-6-14(12-15)13-19-8-2-1-3-9-19/h4,6-7,12,20H,1-3,5,8-11,13H2,(H2,17,18). The van der Waals surface area contributed by atoms with E-state index in [1.807, 2.05) is 12.1 Å². The van der Waals surface area contributed by atoms with Crippen molar-refractivity contribution in [1.82, 2.24) is 4.90 Å². The molecule has 0 unspecified atom stereocenters. The number of hydrogen-bond acceptors (Lipinski definition) is 4. The van der Waals surface area contributed by atoms with Gasteiger partial charge in [0.25, 0.3) is 0 Å². The lowest BCUT2D eigenvalue weighted by Crippen LogP contribution is -2.29. The minimum atomic E-state index is 0.0980. The summed E-state index contributed by atoms with van der Waals surface area (Å²) >= 11 is 0. The molecule has 0 radical (unpaired) electrons. The van der Waals surface area contributed by atoms with Gasteiger partial charge in [0.2, 0.25) is 0 Å². The van der Waals surface area contributed by atoms with Gasteiger partial charge in [-0.05, 0) is 37.6 Å². The molecule has 0 bridgehead atoms. The Morgan fingerprint density at radius 1 is 1.29 bits per heavy atom. The molecular weight excluding hydrogens is 266 g/mol. The average molecular weight is 291 g/mol. The van der Waals surface area contributed by atoms with Gasteiger partial charge in [0, 0.05) is 25.1 Å². The van der Waals surface area contributed by atoms with E-state index < -0.39 is 0 Å². The van der Waals surface area contributed by atoms with Crippen LogP contribution in [0, 0.1) is 0 Å². The molecule has 3 N–H and O–H groups in total. The summed E-state index contributed by atoms with van der Waals surface area (Å²) < 4.78 is 0. The van der Waals surface area contributed by atoms with Crippen LogP contribution in [0.4, 0.5) is 0 Å². The van der Waals surface area contributed by atoms with Gasteiger partial charge in [-0.2, -0.15) is 0 Å². The van der Waals surface area contributed by atoms with Crippen molar-refractivity contribution in [1.29, 1.82) is 0 Å². The van der Waals surface area contributed by atoms with Crippen molar-refractivity contribution in [3.8, 4) is 0 Å². The highest BCUT2D eigenvalue weighted by Gasteiger charge is 2.11. The lowest BCUT2D eigenvalue weighted by atomic mass is 10.1. The lowest BCUT2D eigenvalue weighted by Gasteiger charge is -2.26. The molecule has 1 heterocycles. The first-order chi connectivity index (χ1) is 10.3. The molecule has 21 heavy (non-hydrogen) atoms. The Balaban J connectivity index is 1.92. The molecule has 0 aromatic heterocycles. The Kier molecular flexibility index (Phi) is 6.50. The summed E-state index contributed by atoms with van der Waals surface area (Å²) in [6.45, 7) is 3.80. The molecule has 1 aromatic carbocycles. The molecule has 5 nitrogen and oxygen atoms in total. The first kappa shape index (κ1) is 15.8. The van der Waals surface area contributed by atoms with Gasteiger partial charge in [0.15, 0.2) is 5.84 Å². The molecule has 116 valence electrons. The van der Waals surface area contributed by atoms with Crippen LogP contribution in [0.25, 0.3) is 0 Å². The van der Waals surface area contributed by atoms with Crippen LogP contribution in [-0.4, -0.2) is 42.1 Å². The zero-order chi connectivity index (χ0) is 14.9. The summed E-state index contributed by atoms with van der Waals surface area (Å²) in [5, 5.41) is 12.6. The molecule has 1 aliphatic rings. The van der Waals surface area contributed by atoms with Crippen molar-refractivity contribution < 1.29 is 9.94 Å². The van der Waals surface area contributed by atoms with Gasteiger partial charge in [0.05, 0.1) is 0 Å². The zero-order valence-electron chi connectivity index (χ0n) is 12.5. The minimum absolute atomic E-state index is 0.0980. The van der Waals surface area contributed by atoms with E-state index in [0.29, 0.717) is 18.9 Å². The Hall–Kier alpha value is -1.59. The number of amidine groups is 1. The number of aliphatic hydroxyl groups excluding tert-OH is 1. The van der Waals surface area contributed by atoms with Gasteiger partial charge in [0.1, 0.15) is 6.61 Å². The van der Waals surface area contributed by atoms with E-state index in [1.165, 1.54) is 37.9 Å². The quantitative estimate of drug-likeness (QED) is 0.347. The number of aliphatic hydroxyl groups is 1. The van der Waals surface area contributed by atoms with Crippen LogP contribution in [0.1, 0.15) is 36.8 Å². The van der Waals surface area contributed by atoms with E-state index in [-0.39, 0.29) is 6.61 Å². The van der Waals surface area contributed by atoms with Crippen molar-refractivity contribution in [2.45, 2.75) is 32.2 Å². The predicted molar refractivity (Wildman–Crippen MR) is 83.9 cm³/mol. The summed E-state index contributed by atoms with van der Waals surface area (Å²) in [6, 6.07) is 8.14. The number of hydrogen-bond donors (Lipinski definition) is 2. The highest BCUT2D eigenvalue weighted by atomic mass is 16.6. The fraction of sp³-hybridized carbons (Fsp3) is 0.562. The second-order valence-corrected chi connectivity index (χ2v) is 5.42. The predicted octanol–water partition coefficient (Wildman–Crippen LogP) is 1.69. The Bertz CT molecular complexity index is 457. The van der Waals surface area contributed by atoms with Gasteiger partial charge >= 0.3 is 0 Å². The van der Waals surface area contributed by atoms with Crippen LogP contribution in [-0.2, 0) is 11.4 Å². The van der Waals surface area contributed by atoms with Crippen molar-refractivity contribution >= 4 is 5.84 Å². The SMILES string of the molecule is N/C(=N/OCCCO)c1cccc(CN2CCCCC2)c1. The van der Waals surface area contributed by atoms with Crippen LogP contribution < -0.4 is 5.73 Å². The maximum atomic E-state index is 8.68. The number of benzene rings is 1. The monoisotopic (exact) mass is 291 g/mol. The molecular formula is C16H25N3O2. The smallest absolute Gasteiger partial charge is 0.170 e. The van der Waals surface area contributed by atoms with Gasteiger partial charge in [-0.25, -0.2) is 0 Å².